The zero-order chi connectivity index (χ0) is 11.6. The van der Waals surface area contributed by atoms with Gasteiger partial charge in [-0.2, -0.15) is 0 Å². The van der Waals surface area contributed by atoms with E-state index in [-0.39, 0.29) is 16.8 Å². The van der Waals surface area contributed by atoms with Gasteiger partial charge in [-0.05, 0) is 19.9 Å². The molecule has 0 radical (unpaired) electrons. The first-order valence-corrected chi connectivity index (χ1v) is 4.95. The third-order valence-electron chi connectivity index (χ3n) is 1.76. The fourth-order valence-electron chi connectivity index (χ4n) is 0.914. The minimum absolute atomic E-state index is 0.236. The SMILES string of the molecule is C#CC(C)(C)NC(=O)c1cc(Cl)c(Cl)[nH]1. The number of H-pyrrole nitrogens is 1. The average Bonchev–Trinajstić information content (AvgIpc) is 2.47. The lowest BCUT2D eigenvalue weighted by molar-refractivity contribution is 0.0925. The van der Waals surface area contributed by atoms with Gasteiger partial charge < -0.3 is 10.3 Å². The highest BCUT2D eigenvalue weighted by atomic mass is 35.5. The summed E-state index contributed by atoms with van der Waals surface area (Å²) in [6, 6.07) is 1.45. The van der Waals surface area contributed by atoms with Gasteiger partial charge in [-0.15, -0.1) is 6.42 Å². The van der Waals surface area contributed by atoms with Crippen LogP contribution in [0.3, 0.4) is 0 Å². The molecule has 5 heteroatoms. The largest absolute Gasteiger partial charge is 0.340 e. The van der Waals surface area contributed by atoms with Crippen LogP contribution in [-0.4, -0.2) is 16.4 Å². The Morgan fingerprint density at radius 2 is 2.20 bits per heavy atom. The number of carbonyl (C=O) groups excluding carboxylic acids is 1. The summed E-state index contributed by atoms with van der Waals surface area (Å²) >= 11 is 11.4. The Morgan fingerprint density at radius 1 is 1.60 bits per heavy atom. The molecule has 0 bridgehead atoms. The number of aromatic amines is 1. The van der Waals surface area contributed by atoms with Gasteiger partial charge >= 0.3 is 0 Å². The first-order valence-electron chi connectivity index (χ1n) is 4.20. The van der Waals surface area contributed by atoms with E-state index in [1.807, 2.05) is 0 Å². The van der Waals surface area contributed by atoms with Crippen molar-refractivity contribution in [2.24, 2.45) is 0 Å². The Balaban J connectivity index is 2.84. The van der Waals surface area contributed by atoms with Crippen LogP contribution in [0, 0.1) is 12.3 Å². The van der Waals surface area contributed by atoms with E-state index in [1.165, 1.54) is 6.07 Å². The van der Waals surface area contributed by atoms with Gasteiger partial charge in [0.25, 0.3) is 5.91 Å². The quantitative estimate of drug-likeness (QED) is 0.772. The summed E-state index contributed by atoms with van der Waals surface area (Å²) in [4.78, 5) is 14.3. The second-order valence-corrected chi connectivity index (χ2v) is 4.35. The van der Waals surface area contributed by atoms with Crippen LogP contribution in [-0.2, 0) is 0 Å². The third kappa shape index (κ3) is 2.92. The van der Waals surface area contributed by atoms with Crippen molar-refractivity contribution >= 4 is 29.1 Å². The van der Waals surface area contributed by atoms with Crippen LogP contribution in [0.1, 0.15) is 24.3 Å². The van der Waals surface area contributed by atoms with Crippen LogP contribution in [0.25, 0.3) is 0 Å². The van der Waals surface area contributed by atoms with E-state index in [0.717, 1.165) is 0 Å². The second-order valence-electron chi connectivity index (χ2n) is 3.57. The maximum Gasteiger partial charge on any atom is 0.268 e. The summed E-state index contributed by atoms with van der Waals surface area (Å²) < 4.78 is 0. The highest BCUT2D eigenvalue weighted by Crippen LogP contribution is 2.21. The molecular weight excluding hydrogens is 235 g/mol. The molecule has 1 rings (SSSR count). The predicted molar refractivity (Wildman–Crippen MR) is 61.2 cm³/mol. The summed E-state index contributed by atoms with van der Waals surface area (Å²) in [6.07, 6.45) is 5.24. The van der Waals surface area contributed by atoms with E-state index < -0.39 is 5.54 Å². The number of hydrogen-bond donors (Lipinski definition) is 2. The molecule has 0 aliphatic carbocycles. The molecule has 0 unspecified atom stereocenters. The third-order valence-corrected chi connectivity index (χ3v) is 2.45. The van der Waals surface area contributed by atoms with Gasteiger partial charge in [-0.25, -0.2) is 0 Å². The monoisotopic (exact) mass is 244 g/mol. The number of aromatic nitrogens is 1. The number of nitrogens with one attached hydrogen (secondary N) is 2. The normalized spacial score (nSPS) is 10.9. The lowest BCUT2D eigenvalue weighted by atomic mass is 10.1. The molecular formula is C10H10Cl2N2O. The highest BCUT2D eigenvalue weighted by molar-refractivity contribution is 6.41. The van der Waals surface area contributed by atoms with Crippen molar-refractivity contribution in [3.05, 3.63) is 21.9 Å². The molecule has 0 spiro atoms. The maximum absolute atomic E-state index is 11.6. The molecule has 1 heterocycles. The lowest BCUT2D eigenvalue weighted by Crippen LogP contribution is -2.42. The molecule has 2 N–H and O–H groups in total. The molecule has 1 amide bonds. The molecule has 0 saturated carbocycles. The Morgan fingerprint density at radius 3 is 2.60 bits per heavy atom. The average molecular weight is 245 g/mol. The number of hydrogen-bond acceptors (Lipinski definition) is 1. The fraction of sp³-hybridized carbons (Fsp3) is 0.300. The van der Waals surface area contributed by atoms with Crippen molar-refractivity contribution < 1.29 is 4.79 Å². The summed E-state index contributed by atoms with van der Waals surface area (Å²) in [5, 5.41) is 3.18. The van der Waals surface area contributed by atoms with Crippen molar-refractivity contribution in [3.8, 4) is 12.3 Å². The summed E-state index contributed by atoms with van der Waals surface area (Å²) in [5.41, 5.74) is -0.422. The Hall–Kier alpha value is -1.11. The van der Waals surface area contributed by atoms with E-state index in [0.29, 0.717) is 5.02 Å². The van der Waals surface area contributed by atoms with E-state index in [2.05, 4.69) is 16.2 Å². The van der Waals surface area contributed by atoms with Crippen LogP contribution < -0.4 is 5.32 Å². The number of rotatable bonds is 2. The summed E-state index contributed by atoms with van der Waals surface area (Å²) in [5.74, 6) is 2.11. The molecule has 80 valence electrons. The van der Waals surface area contributed by atoms with E-state index in [1.54, 1.807) is 13.8 Å². The van der Waals surface area contributed by atoms with Crippen LogP contribution in [0.15, 0.2) is 6.07 Å². The van der Waals surface area contributed by atoms with Crippen LogP contribution >= 0.6 is 23.2 Å². The van der Waals surface area contributed by atoms with E-state index in [9.17, 15) is 4.79 Å². The van der Waals surface area contributed by atoms with Crippen LogP contribution in [0.5, 0.6) is 0 Å². The van der Waals surface area contributed by atoms with Crippen molar-refractivity contribution in [3.63, 3.8) is 0 Å². The van der Waals surface area contributed by atoms with Gasteiger partial charge in [0, 0.05) is 0 Å². The van der Waals surface area contributed by atoms with E-state index >= 15 is 0 Å². The van der Waals surface area contributed by atoms with E-state index in [4.69, 9.17) is 29.6 Å². The standard InChI is InChI=1S/C10H10Cl2N2O/c1-4-10(2,3)14-9(15)7-5-6(11)8(12)13-7/h1,5,13H,2-3H3,(H,14,15). The van der Waals surface area contributed by atoms with Gasteiger partial charge in [0.1, 0.15) is 10.8 Å². The molecule has 3 nitrogen and oxygen atoms in total. The molecule has 0 aliphatic rings. The Bertz CT molecular complexity index is 410. The molecule has 15 heavy (non-hydrogen) atoms. The van der Waals surface area contributed by atoms with Gasteiger partial charge in [-0.1, -0.05) is 29.1 Å². The first-order chi connectivity index (χ1) is 6.85. The number of carbonyl (C=O) groups is 1. The fourth-order valence-corrected chi connectivity index (χ4v) is 1.23. The number of halogens is 2. The van der Waals surface area contributed by atoms with Crippen molar-refractivity contribution in [2.75, 3.05) is 0 Å². The zero-order valence-electron chi connectivity index (χ0n) is 8.32. The van der Waals surface area contributed by atoms with Gasteiger partial charge in [0.15, 0.2) is 0 Å². The molecule has 1 aromatic heterocycles. The zero-order valence-corrected chi connectivity index (χ0v) is 9.83. The van der Waals surface area contributed by atoms with Crippen molar-refractivity contribution in [2.45, 2.75) is 19.4 Å². The summed E-state index contributed by atoms with van der Waals surface area (Å²) in [7, 11) is 0. The van der Waals surface area contributed by atoms with Crippen molar-refractivity contribution in [1.29, 1.82) is 0 Å². The van der Waals surface area contributed by atoms with Crippen molar-refractivity contribution in [1.82, 2.24) is 10.3 Å². The van der Waals surface area contributed by atoms with Gasteiger partial charge in [0.2, 0.25) is 0 Å². The minimum atomic E-state index is -0.707. The number of amides is 1. The highest BCUT2D eigenvalue weighted by Gasteiger charge is 2.19. The number of terminal acetylenes is 1. The van der Waals surface area contributed by atoms with Gasteiger partial charge in [0.05, 0.1) is 10.6 Å². The molecule has 0 fully saturated rings. The molecule has 0 aromatic carbocycles. The topological polar surface area (TPSA) is 44.9 Å². The molecule has 1 aromatic rings. The lowest BCUT2D eigenvalue weighted by Gasteiger charge is -2.18. The predicted octanol–water partition coefficient (Wildman–Crippen LogP) is 2.46. The maximum atomic E-state index is 11.6. The molecule has 0 atom stereocenters. The second kappa shape index (κ2) is 4.18. The molecule has 0 aliphatic heterocycles. The smallest absolute Gasteiger partial charge is 0.268 e. The minimum Gasteiger partial charge on any atom is -0.340 e. The Kier molecular flexibility index (Phi) is 3.33. The Labute approximate surface area is 98.1 Å². The van der Waals surface area contributed by atoms with Gasteiger partial charge in [-0.3, -0.25) is 4.79 Å². The van der Waals surface area contributed by atoms with Crippen LogP contribution in [0.2, 0.25) is 10.2 Å². The molecule has 0 saturated heterocycles. The first kappa shape index (κ1) is 12.0. The summed E-state index contributed by atoms with van der Waals surface area (Å²) in [6.45, 7) is 3.44. The van der Waals surface area contributed by atoms with Crippen LogP contribution in [0.4, 0.5) is 0 Å².